The van der Waals surface area contributed by atoms with Crippen molar-refractivity contribution in [3.8, 4) is 67.5 Å². The molecule has 0 aliphatic heterocycles. The fourth-order valence-electron chi connectivity index (χ4n) is 12.0. The van der Waals surface area contributed by atoms with Crippen LogP contribution in [0, 0.1) is 0 Å². The van der Waals surface area contributed by atoms with Gasteiger partial charge in [0.1, 0.15) is 11.2 Å². The summed E-state index contributed by atoms with van der Waals surface area (Å²) in [5.41, 5.74) is 16.8. The van der Waals surface area contributed by atoms with Gasteiger partial charge in [-0.1, -0.05) is 164 Å². The van der Waals surface area contributed by atoms with Crippen molar-refractivity contribution in [2.45, 2.75) is 5.41 Å². The lowest BCUT2D eigenvalue weighted by Crippen LogP contribution is -2.25. The maximum absolute atomic E-state index is 6.71. The Morgan fingerprint density at radius 2 is 0.814 bits per heavy atom. The quantitative estimate of drug-likeness (QED) is 0.176. The third-order valence-corrected chi connectivity index (χ3v) is 17.3. The molecule has 4 aromatic heterocycles. The van der Waals surface area contributed by atoms with Gasteiger partial charge >= 0.3 is 0 Å². The van der Waals surface area contributed by atoms with Crippen LogP contribution >= 0.6 is 22.7 Å². The van der Waals surface area contributed by atoms with Gasteiger partial charge in [-0.05, 0) is 104 Å². The van der Waals surface area contributed by atoms with Crippen molar-refractivity contribution >= 4 is 85.0 Å². The largest absolute Gasteiger partial charge is 0.456 e. The summed E-state index contributed by atoms with van der Waals surface area (Å²) in [6.07, 6.45) is 0. The van der Waals surface area contributed by atoms with Gasteiger partial charge in [-0.25, -0.2) is 15.0 Å². The number of aromatic nitrogens is 3. The molecule has 0 unspecified atom stereocenters. The van der Waals surface area contributed by atoms with E-state index in [1.807, 2.05) is 0 Å². The second-order valence-corrected chi connectivity index (χ2v) is 20.7. The van der Waals surface area contributed by atoms with Crippen LogP contribution in [0.15, 0.2) is 217 Å². The van der Waals surface area contributed by atoms with Crippen molar-refractivity contribution in [1.29, 1.82) is 0 Å². The van der Waals surface area contributed by atoms with E-state index < -0.39 is 5.41 Å². The van der Waals surface area contributed by atoms with E-state index in [9.17, 15) is 0 Å². The molecule has 4 heterocycles. The average molecular weight is 926 g/mol. The van der Waals surface area contributed by atoms with Gasteiger partial charge in [0.25, 0.3) is 0 Å². The molecule has 6 heteroatoms. The van der Waals surface area contributed by atoms with Crippen LogP contribution < -0.4 is 0 Å². The third kappa shape index (κ3) is 5.21. The molecular formula is C64H35N3OS2. The topological polar surface area (TPSA) is 51.8 Å². The number of furan rings is 1. The predicted molar refractivity (Wildman–Crippen MR) is 291 cm³/mol. The van der Waals surface area contributed by atoms with Crippen molar-refractivity contribution in [1.82, 2.24) is 15.0 Å². The maximum atomic E-state index is 6.71. The molecule has 0 radical (unpaired) electrons. The first-order valence-corrected chi connectivity index (χ1v) is 25.3. The molecule has 70 heavy (non-hydrogen) atoms. The zero-order valence-electron chi connectivity index (χ0n) is 37.3. The Bertz CT molecular complexity index is 4510. The first kappa shape index (κ1) is 38.4. The first-order valence-electron chi connectivity index (χ1n) is 23.7. The first-order chi connectivity index (χ1) is 34.7. The Hall–Kier alpha value is -8.55. The molecule has 0 amide bonds. The molecule has 324 valence electrons. The van der Waals surface area contributed by atoms with E-state index in [4.69, 9.17) is 19.4 Å². The van der Waals surface area contributed by atoms with Crippen molar-refractivity contribution < 1.29 is 4.42 Å². The molecule has 0 N–H and O–H groups in total. The van der Waals surface area contributed by atoms with Gasteiger partial charge in [-0.15, -0.1) is 22.7 Å². The number of hydrogen-bond acceptors (Lipinski definition) is 6. The van der Waals surface area contributed by atoms with Crippen LogP contribution in [0.4, 0.5) is 0 Å². The van der Waals surface area contributed by atoms with Crippen LogP contribution in [-0.2, 0) is 5.41 Å². The van der Waals surface area contributed by atoms with E-state index in [2.05, 4.69) is 212 Å². The second-order valence-electron chi connectivity index (χ2n) is 18.5. The Balaban J connectivity index is 0.904. The van der Waals surface area contributed by atoms with Gasteiger partial charge in [0.2, 0.25) is 0 Å². The van der Waals surface area contributed by atoms with Gasteiger partial charge < -0.3 is 4.42 Å². The van der Waals surface area contributed by atoms with Crippen LogP contribution in [0.25, 0.3) is 130 Å². The Kier molecular flexibility index (Phi) is 7.82. The minimum absolute atomic E-state index is 0.427. The highest BCUT2D eigenvalue weighted by Crippen LogP contribution is 2.63. The van der Waals surface area contributed by atoms with E-state index >= 15 is 0 Å². The third-order valence-electron chi connectivity index (χ3n) is 15.0. The highest BCUT2D eigenvalue weighted by Gasteiger charge is 2.51. The van der Waals surface area contributed by atoms with E-state index in [1.165, 1.54) is 79.5 Å². The molecule has 0 bridgehead atoms. The van der Waals surface area contributed by atoms with Crippen molar-refractivity contribution in [3.63, 3.8) is 0 Å². The number of rotatable bonds is 4. The van der Waals surface area contributed by atoms with E-state index in [0.29, 0.717) is 17.5 Å². The number of thiophene rings is 2. The summed E-state index contributed by atoms with van der Waals surface area (Å²) in [7, 11) is 0. The number of fused-ring (bicyclic) bond motifs is 19. The average Bonchev–Trinajstić information content (AvgIpc) is 4.23. The smallest absolute Gasteiger partial charge is 0.164 e. The van der Waals surface area contributed by atoms with E-state index in [0.717, 1.165) is 55.1 Å². The van der Waals surface area contributed by atoms with Crippen molar-refractivity contribution in [2.24, 2.45) is 0 Å². The van der Waals surface area contributed by atoms with Gasteiger partial charge in [0, 0.05) is 67.8 Å². The SMILES string of the molecule is c1ccc2c(c1)-c1ccccc1C21c2ccccc2-c2ccc(-c3ccc4oc5cccc(-c6nc(-c7ccc8c(c7)sc7ccccc78)nc(-c7cccc8sc9ccccc9c78)n6)c5c4c3)cc21. The summed E-state index contributed by atoms with van der Waals surface area (Å²) in [6, 6.07) is 77.2. The van der Waals surface area contributed by atoms with Crippen molar-refractivity contribution in [2.75, 3.05) is 0 Å². The van der Waals surface area contributed by atoms with Gasteiger partial charge in [0.05, 0.1) is 5.41 Å². The summed E-state index contributed by atoms with van der Waals surface area (Å²) in [4.78, 5) is 16.2. The van der Waals surface area contributed by atoms with E-state index in [1.54, 1.807) is 22.7 Å². The number of benzene rings is 10. The molecule has 0 atom stereocenters. The lowest BCUT2D eigenvalue weighted by Gasteiger charge is -2.30. The lowest BCUT2D eigenvalue weighted by atomic mass is 9.70. The molecular weight excluding hydrogens is 891 g/mol. The Morgan fingerprint density at radius 3 is 1.56 bits per heavy atom. The van der Waals surface area contributed by atoms with Gasteiger partial charge in [-0.3, -0.25) is 0 Å². The minimum atomic E-state index is -0.427. The molecule has 16 rings (SSSR count). The zero-order chi connectivity index (χ0) is 45.7. The summed E-state index contributed by atoms with van der Waals surface area (Å²) in [5, 5.41) is 6.85. The second kappa shape index (κ2) is 14.2. The highest BCUT2D eigenvalue weighted by molar-refractivity contribution is 7.26. The van der Waals surface area contributed by atoms with Crippen LogP contribution in [0.5, 0.6) is 0 Å². The van der Waals surface area contributed by atoms with Gasteiger partial charge in [0.15, 0.2) is 17.5 Å². The summed E-state index contributed by atoms with van der Waals surface area (Å²) in [5.74, 6) is 1.87. The molecule has 14 aromatic rings. The van der Waals surface area contributed by atoms with Crippen LogP contribution in [-0.4, -0.2) is 15.0 Å². The predicted octanol–water partition coefficient (Wildman–Crippen LogP) is 17.5. The summed E-state index contributed by atoms with van der Waals surface area (Å²) >= 11 is 3.60. The molecule has 0 fully saturated rings. The Labute approximate surface area is 409 Å². The maximum Gasteiger partial charge on any atom is 0.164 e. The molecule has 4 nitrogen and oxygen atoms in total. The summed E-state index contributed by atoms with van der Waals surface area (Å²) in [6.45, 7) is 0. The zero-order valence-corrected chi connectivity index (χ0v) is 38.9. The molecule has 0 saturated carbocycles. The molecule has 2 aliphatic rings. The minimum Gasteiger partial charge on any atom is -0.456 e. The Morgan fingerprint density at radius 1 is 0.300 bits per heavy atom. The summed E-state index contributed by atoms with van der Waals surface area (Å²) < 4.78 is 11.6. The fourth-order valence-corrected chi connectivity index (χ4v) is 14.3. The van der Waals surface area contributed by atoms with Crippen LogP contribution in [0.1, 0.15) is 22.3 Å². The standard InChI is InChI=1S/C64H35N3OS2/c1-6-20-49-39(13-1)40-14-2-7-21-50(40)64(49)51-22-8-3-15-41(51)42-30-27-37(34-52(42)64)36-29-32-53-48(33-36)59-46(18-11-23-54(59)68-53)62-65-61(38-28-31-44-43-16-4-9-24-55(43)70-58(44)35-38)66-63(67-62)47-19-12-26-57-60(47)45-17-5-10-25-56(45)69-57/h1-35H. The normalized spacial score (nSPS) is 13.3. The monoisotopic (exact) mass is 925 g/mol. The number of hydrogen-bond donors (Lipinski definition) is 0. The van der Waals surface area contributed by atoms with Gasteiger partial charge in [-0.2, -0.15) is 0 Å². The molecule has 1 spiro atoms. The van der Waals surface area contributed by atoms with E-state index in [-0.39, 0.29) is 0 Å². The number of nitrogens with zero attached hydrogens (tertiary/aromatic N) is 3. The van der Waals surface area contributed by atoms with Crippen LogP contribution in [0.2, 0.25) is 0 Å². The molecule has 10 aromatic carbocycles. The van der Waals surface area contributed by atoms with Crippen LogP contribution in [0.3, 0.4) is 0 Å². The van der Waals surface area contributed by atoms with Crippen molar-refractivity contribution in [3.05, 3.63) is 235 Å². The highest BCUT2D eigenvalue weighted by atomic mass is 32.1. The lowest BCUT2D eigenvalue weighted by molar-refractivity contribution is 0.669. The molecule has 2 aliphatic carbocycles. The fraction of sp³-hybridized carbons (Fsp3) is 0.0156. The molecule has 0 saturated heterocycles.